The molecule has 0 saturated heterocycles. The van der Waals surface area contributed by atoms with Crippen molar-refractivity contribution < 1.29 is 4.39 Å². The molecule has 1 aromatic heterocycles. The van der Waals surface area contributed by atoms with Crippen molar-refractivity contribution in [3.8, 4) is 11.4 Å². The van der Waals surface area contributed by atoms with Crippen LogP contribution in [0.4, 0.5) is 10.2 Å². The normalized spacial score (nSPS) is 13.3. The SMILES string of the molecule is CCNc1nc(-c2cc(C)cc(F)c2)nc2c1CCC2. The quantitative estimate of drug-likeness (QED) is 0.928. The highest BCUT2D eigenvalue weighted by Gasteiger charge is 2.19. The van der Waals surface area contributed by atoms with Gasteiger partial charge in [-0.05, 0) is 56.9 Å². The van der Waals surface area contributed by atoms with Gasteiger partial charge in [0.05, 0.1) is 0 Å². The number of aromatic nitrogens is 2. The summed E-state index contributed by atoms with van der Waals surface area (Å²) >= 11 is 0. The molecule has 0 aliphatic heterocycles. The van der Waals surface area contributed by atoms with Gasteiger partial charge in [0.25, 0.3) is 0 Å². The molecular weight excluding hydrogens is 253 g/mol. The van der Waals surface area contributed by atoms with Gasteiger partial charge in [0, 0.05) is 23.4 Å². The Bertz CT molecular complexity index is 632. The predicted octanol–water partition coefficient (Wildman–Crippen LogP) is 3.51. The summed E-state index contributed by atoms with van der Waals surface area (Å²) in [6.07, 6.45) is 3.13. The Kier molecular flexibility index (Phi) is 3.38. The Morgan fingerprint density at radius 3 is 2.80 bits per heavy atom. The van der Waals surface area contributed by atoms with Crippen molar-refractivity contribution in [1.82, 2.24) is 9.97 Å². The van der Waals surface area contributed by atoms with Gasteiger partial charge in [-0.2, -0.15) is 0 Å². The number of fused-ring (bicyclic) bond motifs is 1. The molecule has 1 aromatic carbocycles. The molecular formula is C16H18FN3. The Balaban J connectivity index is 2.12. The first-order chi connectivity index (χ1) is 9.67. The van der Waals surface area contributed by atoms with Crippen LogP contribution >= 0.6 is 0 Å². The lowest BCUT2D eigenvalue weighted by atomic mass is 10.1. The zero-order chi connectivity index (χ0) is 14.1. The molecule has 3 nitrogen and oxygen atoms in total. The highest BCUT2D eigenvalue weighted by atomic mass is 19.1. The molecule has 1 aliphatic rings. The summed E-state index contributed by atoms with van der Waals surface area (Å²) in [5.74, 6) is 1.28. The minimum Gasteiger partial charge on any atom is -0.370 e. The van der Waals surface area contributed by atoms with Crippen molar-refractivity contribution in [1.29, 1.82) is 0 Å². The third kappa shape index (κ3) is 2.38. The molecule has 1 aliphatic carbocycles. The summed E-state index contributed by atoms with van der Waals surface area (Å²) in [6.45, 7) is 4.76. The Morgan fingerprint density at radius 1 is 1.20 bits per heavy atom. The maximum absolute atomic E-state index is 13.6. The number of halogens is 1. The van der Waals surface area contributed by atoms with Gasteiger partial charge in [0.15, 0.2) is 5.82 Å². The van der Waals surface area contributed by atoms with Crippen molar-refractivity contribution in [3.05, 3.63) is 40.8 Å². The van der Waals surface area contributed by atoms with E-state index in [1.54, 1.807) is 0 Å². The zero-order valence-electron chi connectivity index (χ0n) is 11.8. The van der Waals surface area contributed by atoms with Crippen molar-refractivity contribution in [2.75, 3.05) is 11.9 Å². The molecule has 0 fully saturated rings. The van der Waals surface area contributed by atoms with Gasteiger partial charge in [-0.25, -0.2) is 14.4 Å². The summed E-state index contributed by atoms with van der Waals surface area (Å²) in [7, 11) is 0. The number of aryl methyl sites for hydroxylation is 2. The van der Waals surface area contributed by atoms with Gasteiger partial charge >= 0.3 is 0 Å². The van der Waals surface area contributed by atoms with Crippen LogP contribution in [0.25, 0.3) is 11.4 Å². The van der Waals surface area contributed by atoms with Crippen LogP contribution in [0.2, 0.25) is 0 Å². The number of rotatable bonds is 3. The molecule has 20 heavy (non-hydrogen) atoms. The summed E-state index contributed by atoms with van der Waals surface area (Å²) in [4.78, 5) is 9.23. The average molecular weight is 271 g/mol. The molecule has 0 radical (unpaired) electrons. The lowest BCUT2D eigenvalue weighted by Gasteiger charge is -2.11. The number of hydrogen-bond donors (Lipinski definition) is 1. The first-order valence-electron chi connectivity index (χ1n) is 7.08. The molecule has 2 aromatic rings. The highest BCUT2D eigenvalue weighted by molar-refractivity contribution is 5.61. The van der Waals surface area contributed by atoms with Crippen molar-refractivity contribution >= 4 is 5.82 Å². The van der Waals surface area contributed by atoms with Crippen molar-refractivity contribution in [3.63, 3.8) is 0 Å². The molecule has 0 amide bonds. The van der Waals surface area contributed by atoms with Gasteiger partial charge in [-0.15, -0.1) is 0 Å². The first-order valence-corrected chi connectivity index (χ1v) is 7.08. The molecule has 104 valence electrons. The van der Waals surface area contributed by atoms with E-state index in [-0.39, 0.29) is 5.82 Å². The molecule has 0 atom stereocenters. The van der Waals surface area contributed by atoms with Crippen LogP contribution in [0.15, 0.2) is 18.2 Å². The van der Waals surface area contributed by atoms with Gasteiger partial charge in [-0.1, -0.05) is 0 Å². The Morgan fingerprint density at radius 2 is 2.05 bits per heavy atom. The van der Waals surface area contributed by atoms with Crippen LogP contribution in [0.5, 0.6) is 0 Å². The fraction of sp³-hybridized carbons (Fsp3) is 0.375. The first kappa shape index (κ1) is 13.0. The summed E-state index contributed by atoms with van der Waals surface area (Å²) in [5.41, 5.74) is 3.96. The number of benzene rings is 1. The highest BCUT2D eigenvalue weighted by Crippen LogP contribution is 2.29. The monoisotopic (exact) mass is 271 g/mol. The van der Waals surface area contributed by atoms with E-state index in [0.717, 1.165) is 48.4 Å². The van der Waals surface area contributed by atoms with Crippen LogP contribution in [0.3, 0.4) is 0 Å². The largest absolute Gasteiger partial charge is 0.370 e. The molecule has 0 bridgehead atoms. The number of nitrogens with one attached hydrogen (secondary N) is 1. The van der Waals surface area contributed by atoms with Crippen molar-refractivity contribution in [2.45, 2.75) is 33.1 Å². The number of nitrogens with zero attached hydrogens (tertiary/aromatic N) is 2. The molecule has 0 saturated carbocycles. The van der Waals surface area contributed by atoms with E-state index in [1.165, 1.54) is 17.7 Å². The number of hydrogen-bond acceptors (Lipinski definition) is 3. The van der Waals surface area contributed by atoms with Gasteiger partial charge in [-0.3, -0.25) is 0 Å². The van der Waals surface area contributed by atoms with Crippen molar-refractivity contribution in [2.24, 2.45) is 0 Å². The van der Waals surface area contributed by atoms with E-state index in [9.17, 15) is 4.39 Å². The lowest BCUT2D eigenvalue weighted by Crippen LogP contribution is -2.06. The Hall–Kier alpha value is -1.97. The second-order valence-corrected chi connectivity index (χ2v) is 5.22. The molecule has 0 unspecified atom stereocenters. The molecule has 1 heterocycles. The van der Waals surface area contributed by atoms with E-state index < -0.39 is 0 Å². The number of anilines is 1. The fourth-order valence-corrected chi connectivity index (χ4v) is 2.74. The maximum atomic E-state index is 13.6. The minimum absolute atomic E-state index is 0.242. The summed E-state index contributed by atoms with van der Waals surface area (Å²) < 4.78 is 13.6. The van der Waals surface area contributed by atoms with Gasteiger partial charge in [0.1, 0.15) is 11.6 Å². The standard InChI is InChI=1S/C16H18FN3/c1-3-18-16-13-5-4-6-14(13)19-15(20-16)11-7-10(2)8-12(17)9-11/h7-9H,3-6H2,1-2H3,(H,18,19,20). The van der Waals surface area contributed by atoms with E-state index >= 15 is 0 Å². The molecule has 3 rings (SSSR count). The summed E-state index contributed by atoms with van der Waals surface area (Å²) in [6, 6.07) is 4.94. The fourth-order valence-electron chi connectivity index (χ4n) is 2.74. The van der Waals surface area contributed by atoms with Crippen LogP contribution in [0.1, 0.15) is 30.2 Å². The van der Waals surface area contributed by atoms with Gasteiger partial charge in [0.2, 0.25) is 0 Å². The van der Waals surface area contributed by atoms with Crippen LogP contribution in [-0.4, -0.2) is 16.5 Å². The average Bonchev–Trinajstić information content (AvgIpc) is 2.86. The van der Waals surface area contributed by atoms with E-state index in [4.69, 9.17) is 0 Å². The Labute approximate surface area is 118 Å². The minimum atomic E-state index is -0.242. The van der Waals surface area contributed by atoms with E-state index in [1.807, 2.05) is 13.0 Å². The topological polar surface area (TPSA) is 37.8 Å². The smallest absolute Gasteiger partial charge is 0.161 e. The van der Waals surface area contributed by atoms with Crippen LogP contribution < -0.4 is 5.32 Å². The third-order valence-electron chi connectivity index (χ3n) is 3.58. The third-order valence-corrected chi connectivity index (χ3v) is 3.58. The predicted molar refractivity (Wildman–Crippen MR) is 78.4 cm³/mol. The molecule has 0 spiro atoms. The van der Waals surface area contributed by atoms with E-state index in [2.05, 4.69) is 22.2 Å². The zero-order valence-corrected chi connectivity index (χ0v) is 11.8. The maximum Gasteiger partial charge on any atom is 0.161 e. The van der Waals surface area contributed by atoms with Crippen LogP contribution in [-0.2, 0) is 12.8 Å². The second-order valence-electron chi connectivity index (χ2n) is 5.22. The molecule has 1 N–H and O–H groups in total. The molecule has 4 heteroatoms. The van der Waals surface area contributed by atoms with Gasteiger partial charge < -0.3 is 5.32 Å². The lowest BCUT2D eigenvalue weighted by molar-refractivity contribution is 0.627. The van der Waals surface area contributed by atoms with Crippen LogP contribution in [0, 0.1) is 12.7 Å². The summed E-state index contributed by atoms with van der Waals surface area (Å²) in [5, 5.41) is 3.30. The van der Waals surface area contributed by atoms with E-state index in [0.29, 0.717) is 5.82 Å². The second kappa shape index (κ2) is 5.19.